The first kappa shape index (κ1) is 31.9. The fourth-order valence-corrected chi connectivity index (χ4v) is 6.35. The zero-order valence-electron chi connectivity index (χ0n) is 25.2. The Morgan fingerprint density at radius 1 is 1.07 bits per heavy atom. The lowest BCUT2D eigenvalue weighted by Crippen LogP contribution is -2.49. The van der Waals surface area contributed by atoms with Crippen LogP contribution < -0.4 is 10.5 Å². The fraction of sp³-hybridized carbons (Fsp3) is 0.606. The lowest BCUT2D eigenvalue weighted by atomic mass is 9.94. The summed E-state index contributed by atoms with van der Waals surface area (Å²) in [4.78, 5) is 32.2. The third-order valence-electron chi connectivity index (χ3n) is 8.56. The topological polar surface area (TPSA) is 94.2 Å². The van der Waals surface area contributed by atoms with Gasteiger partial charge in [-0.3, -0.25) is 14.6 Å². The second-order valence-corrected chi connectivity index (χ2v) is 12.2. The van der Waals surface area contributed by atoms with Gasteiger partial charge in [0, 0.05) is 36.4 Å². The number of carbonyl (C=O) groups is 2. The Kier molecular flexibility index (Phi) is 10.9. The molecule has 7 nitrogen and oxygen atoms in total. The van der Waals surface area contributed by atoms with Crippen LogP contribution in [0.3, 0.4) is 0 Å². The molecule has 230 valence electrons. The molecule has 4 rings (SSSR count). The van der Waals surface area contributed by atoms with Gasteiger partial charge in [0.2, 0.25) is 5.82 Å². The van der Waals surface area contributed by atoms with E-state index >= 15 is 0 Å². The summed E-state index contributed by atoms with van der Waals surface area (Å²) >= 11 is 0. The lowest BCUT2D eigenvalue weighted by Gasteiger charge is -2.35. The first-order chi connectivity index (χ1) is 20.0. The zero-order valence-corrected chi connectivity index (χ0v) is 25.2. The van der Waals surface area contributed by atoms with E-state index in [1.54, 1.807) is 11.8 Å². The van der Waals surface area contributed by atoms with Gasteiger partial charge in [-0.15, -0.1) is 0 Å². The summed E-state index contributed by atoms with van der Waals surface area (Å²) in [5, 5.41) is 0. The number of ketones is 1. The number of Topliss-reactive ketones (excluding diaryl/α,β-unsaturated/α-hetero) is 1. The Balaban J connectivity index is 1.26. The number of amides is 1. The minimum absolute atomic E-state index is 0.0385. The monoisotopic (exact) mass is 585 g/mol. The second kappa shape index (κ2) is 14.4. The molecule has 2 aliphatic carbocycles. The maximum Gasteiger partial charge on any atom is 0.270 e. The van der Waals surface area contributed by atoms with Crippen molar-refractivity contribution in [2.24, 2.45) is 16.6 Å². The summed E-state index contributed by atoms with van der Waals surface area (Å²) in [6.07, 6.45) is 7.45. The number of carbonyl (C=O) groups excluding carboxylic acids is 2. The summed E-state index contributed by atoms with van der Waals surface area (Å²) in [6.45, 7) is 10.3. The van der Waals surface area contributed by atoms with Crippen molar-refractivity contribution in [3.63, 3.8) is 0 Å². The van der Waals surface area contributed by atoms with Crippen LogP contribution in [-0.4, -0.2) is 60.2 Å². The Labute approximate surface area is 248 Å². The number of morpholine rings is 1. The highest BCUT2D eigenvalue weighted by molar-refractivity contribution is 6.09. The Morgan fingerprint density at radius 3 is 2.52 bits per heavy atom. The standard InChI is InChI=1S/C33H45F2N3O4/c1-20(2)26-15-16-29(31(35)30(26)34)42-25-8-5-7-23(12-14-25)11-13-24(39)17-37-28-10-6-9-27(28)32(36)33(40)38-18-21(3)41-22(4)19-38/h15-16,21-23,25H,1,5-14,17-19,36H2,2-4H3/t21-,22+,23?,25?. The summed E-state index contributed by atoms with van der Waals surface area (Å²) in [5.74, 6) is -1.70. The molecule has 0 radical (unpaired) electrons. The van der Waals surface area contributed by atoms with E-state index in [9.17, 15) is 18.4 Å². The molecule has 2 saturated carbocycles. The Bertz CT molecular complexity index is 1230. The number of allylic oxidation sites excluding steroid dienone is 2. The van der Waals surface area contributed by atoms with Crippen molar-refractivity contribution < 1.29 is 27.8 Å². The van der Waals surface area contributed by atoms with Crippen molar-refractivity contribution in [1.82, 2.24) is 4.90 Å². The predicted molar refractivity (Wildman–Crippen MR) is 160 cm³/mol. The number of hydrogen-bond acceptors (Lipinski definition) is 6. The van der Waals surface area contributed by atoms with Gasteiger partial charge >= 0.3 is 0 Å². The van der Waals surface area contributed by atoms with Crippen LogP contribution in [0.2, 0.25) is 0 Å². The van der Waals surface area contributed by atoms with E-state index in [0.717, 1.165) is 62.7 Å². The van der Waals surface area contributed by atoms with E-state index in [1.807, 2.05) is 13.8 Å². The van der Waals surface area contributed by atoms with Gasteiger partial charge in [0.25, 0.3) is 5.91 Å². The van der Waals surface area contributed by atoms with E-state index < -0.39 is 11.6 Å². The van der Waals surface area contributed by atoms with Crippen LogP contribution in [0.4, 0.5) is 8.78 Å². The number of hydrogen-bond donors (Lipinski definition) is 1. The van der Waals surface area contributed by atoms with Gasteiger partial charge in [-0.05, 0) is 95.8 Å². The van der Waals surface area contributed by atoms with Gasteiger partial charge in [0.05, 0.1) is 24.9 Å². The predicted octanol–water partition coefficient (Wildman–Crippen LogP) is 6.15. The summed E-state index contributed by atoms with van der Waals surface area (Å²) in [5.41, 5.74) is 8.75. The van der Waals surface area contributed by atoms with E-state index in [0.29, 0.717) is 37.4 Å². The molecular formula is C33H45F2N3O4. The number of rotatable bonds is 9. The molecule has 9 heteroatoms. The van der Waals surface area contributed by atoms with Crippen LogP contribution >= 0.6 is 0 Å². The maximum absolute atomic E-state index is 14.5. The molecule has 4 atom stereocenters. The lowest BCUT2D eigenvalue weighted by molar-refractivity contribution is -0.139. The molecule has 1 aromatic rings. The van der Waals surface area contributed by atoms with Gasteiger partial charge in [-0.2, -0.15) is 4.39 Å². The minimum Gasteiger partial charge on any atom is -0.487 e. The summed E-state index contributed by atoms with van der Waals surface area (Å²) in [7, 11) is 0. The first-order valence-corrected chi connectivity index (χ1v) is 15.3. The molecule has 1 aromatic carbocycles. The van der Waals surface area contributed by atoms with Crippen molar-refractivity contribution in [1.29, 1.82) is 0 Å². The van der Waals surface area contributed by atoms with Crippen molar-refractivity contribution in [3.8, 4) is 5.75 Å². The highest BCUT2D eigenvalue weighted by atomic mass is 19.2. The molecule has 1 amide bonds. The first-order valence-electron chi connectivity index (χ1n) is 15.3. The van der Waals surface area contributed by atoms with Gasteiger partial charge in [-0.1, -0.05) is 13.0 Å². The number of aliphatic imine (C=N–C) groups is 1. The summed E-state index contributed by atoms with van der Waals surface area (Å²) < 4.78 is 40.5. The number of benzene rings is 1. The van der Waals surface area contributed by atoms with Crippen LogP contribution in [0, 0.1) is 17.6 Å². The highest BCUT2D eigenvalue weighted by Crippen LogP contribution is 2.32. The van der Waals surface area contributed by atoms with Crippen molar-refractivity contribution >= 4 is 23.0 Å². The van der Waals surface area contributed by atoms with Gasteiger partial charge in [-0.25, -0.2) is 4.39 Å². The number of nitrogens with zero attached hydrogens (tertiary/aromatic N) is 2. The number of ether oxygens (including phenoxy) is 2. The average Bonchev–Trinajstić information content (AvgIpc) is 3.30. The Morgan fingerprint density at radius 2 is 1.81 bits per heavy atom. The molecule has 1 heterocycles. The normalized spacial score (nSPS) is 27.1. The molecule has 2 N–H and O–H groups in total. The van der Waals surface area contributed by atoms with Crippen molar-refractivity contribution in [2.45, 2.75) is 103 Å². The fourth-order valence-electron chi connectivity index (χ4n) is 6.35. The summed E-state index contributed by atoms with van der Waals surface area (Å²) in [6, 6.07) is 2.98. The SMILES string of the molecule is C=C(C)c1ccc(OC2CCCC(CCC(=O)CN=C3CCCC3=C(N)C(=O)N3C[C@@H](C)O[C@@H](C)C3)CC2)c(F)c1F. The maximum atomic E-state index is 14.5. The molecule has 1 saturated heterocycles. The quantitative estimate of drug-likeness (QED) is 0.277. The smallest absolute Gasteiger partial charge is 0.270 e. The number of halogens is 2. The molecule has 1 aliphatic heterocycles. The molecule has 0 bridgehead atoms. The van der Waals surface area contributed by atoms with E-state index in [4.69, 9.17) is 15.2 Å². The van der Waals surface area contributed by atoms with Crippen LogP contribution in [0.15, 0.2) is 35.0 Å². The molecule has 3 fully saturated rings. The Hall–Kier alpha value is -3.07. The van der Waals surface area contributed by atoms with Crippen LogP contribution in [0.5, 0.6) is 5.75 Å². The third kappa shape index (κ3) is 8.06. The molecular weight excluding hydrogens is 540 g/mol. The van der Waals surface area contributed by atoms with Crippen molar-refractivity contribution in [3.05, 3.63) is 47.2 Å². The molecule has 2 unspecified atom stereocenters. The molecule has 0 spiro atoms. The third-order valence-corrected chi connectivity index (χ3v) is 8.56. The van der Waals surface area contributed by atoms with Crippen molar-refractivity contribution in [2.75, 3.05) is 19.6 Å². The van der Waals surface area contributed by atoms with Gasteiger partial charge < -0.3 is 20.1 Å². The minimum atomic E-state index is -0.972. The zero-order chi connectivity index (χ0) is 30.4. The van der Waals surface area contributed by atoms with E-state index in [-0.39, 0.29) is 53.6 Å². The van der Waals surface area contributed by atoms with E-state index in [1.165, 1.54) is 12.1 Å². The number of nitrogens with two attached hydrogens (primary N) is 1. The average molecular weight is 586 g/mol. The molecule has 0 aromatic heterocycles. The van der Waals surface area contributed by atoms with Crippen LogP contribution in [-0.2, 0) is 14.3 Å². The van der Waals surface area contributed by atoms with E-state index in [2.05, 4.69) is 11.6 Å². The second-order valence-electron chi connectivity index (χ2n) is 12.2. The van der Waals surface area contributed by atoms with Gasteiger partial charge in [0.1, 0.15) is 5.70 Å². The highest BCUT2D eigenvalue weighted by Gasteiger charge is 2.30. The largest absolute Gasteiger partial charge is 0.487 e. The van der Waals surface area contributed by atoms with Crippen LogP contribution in [0.25, 0.3) is 5.57 Å². The van der Waals surface area contributed by atoms with Crippen LogP contribution in [0.1, 0.15) is 90.5 Å². The molecule has 42 heavy (non-hydrogen) atoms. The molecule has 3 aliphatic rings. The van der Waals surface area contributed by atoms with Gasteiger partial charge in [0.15, 0.2) is 17.3 Å².